The number of anilines is 1. The number of benzene rings is 1. The van der Waals surface area contributed by atoms with Gasteiger partial charge in [0.05, 0.1) is 17.2 Å². The van der Waals surface area contributed by atoms with Crippen LogP contribution < -0.4 is 5.73 Å². The molecule has 0 unspecified atom stereocenters. The first kappa shape index (κ1) is 10.6. The van der Waals surface area contributed by atoms with Gasteiger partial charge in [0.25, 0.3) is 0 Å². The van der Waals surface area contributed by atoms with Gasteiger partial charge in [0.2, 0.25) is 0 Å². The predicted molar refractivity (Wildman–Crippen MR) is 65.6 cm³/mol. The molecule has 0 saturated heterocycles. The van der Waals surface area contributed by atoms with E-state index in [9.17, 15) is 0 Å². The number of nitrogens with two attached hydrogens (primary N) is 1. The van der Waals surface area contributed by atoms with Crippen molar-refractivity contribution < 1.29 is 5.11 Å². The summed E-state index contributed by atoms with van der Waals surface area (Å²) >= 11 is 4.69. The molecule has 2 rings (SSSR count). The minimum Gasteiger partial charge on any atom is -0.391 e. The minimum atomic E-state index is -0.0275. The van der Waals surface area contributed by atoms with E-state index in [0.717, 1.165) is 20.6 Å². The van der Waals surface area contributed by atoms with E-state index in [1.807, 2.05) is 24.3 Å². The predicted octanol–water partition coefficient (Wildman–Crippen LogP) is 2.65. The van der Waals surface area contributed by atoms with Crippen LogP contribution >= 0.6 is 27.3 Å². The fourth-order valence-electron chi connectivity index (χ4n) is 1.31. The van der Waals surface area contributed by atoms with E-state index in [4.69, 9.17) is 10.8 Å². The van der Waals surface area contributed by atoms with E-state index in [0.29, 0.717) is 5.13 Å². The Morgan fingerprint density at radius 3 is 2.60 bits per heavy atom. The highest BCUT2D eigenvalue weighted by Crippen LogP contribution is 2.30. The van der Waals surface area contributed by atoms with Crippen molar-refractivity contribution in [1.29, 1.82) is 0 Å². The molecule has 2 aromatic rings. The number of aliphatic hydroxyl groups excluding tert-OH is 1. The van der Waals surface area contributed by atoms with E-state index in [2.05, 4.69) is 20.9 Å². The highest BCUT2D eigenvalue weighted by molar-refractivity contribution is 9.10. The van der Waals surface area contributed by atoms with Crippen LogP contribution in [0.2, 0.25) is 0 Å². The lowest BCUT2D eigenvalue weighted by molar-refractivity contribution is 0.286. The number of nitrogen functional groups attached to an aromatic ring is 1. The molecular weight excluding hydrogens is 276 g/mol. The second-order valence-electron chi connectivity index (χ2n) is 2.99. The van der Waals surface area contributed by atoms with Gasteiger partial charge in [-0.25, -0.2) is 4.98 Å². The van der Waals surface area contributed by atoms with Crippen molar-refractivity contribution in [2.45, 2.75) is 6.61 Å². The monoisotopic (exact) mass is 284 g/mol. The first-order valence-corrected chi connectivity index (χ1v) is 5.93. The molecule has 15 heavy (non-hydrogen) atoms. The first-order valence-electron chi connectivity index (χ1n) is 4.32. The quantitative estimate of drug-likeness (QED) is 0.891. The molecule has 1 heterocycles. The van der Waals surface area contributed by atoms with Gasteiger partial charge in [-0.15, -0.1) is 0 Å². The van der Waals surface area contributed by atoms with Gasteiger partial charge in [0.1, 0.15) is 0 Å². The van der Waals surface area contributed by atoms with E-state index >= 15 is 0 Å². The van der Waals surface area contributed by atoms with Gasteiger partial charge in [0, 0.05) is 10.0 Å². The van der Waals surface area contributed by atoms with E-state index in [1.165, 1.54) is 11.3 Å². The molecule has 0 aliphatic carbocycles. The van der Waals surface area contributed by atoms with E-state index in [1.54, 1.807) is 0 Å². The lowest BCUT2D eigenvalue weighted by Crippen LogP contribution is -1.85. The fourth-order valence-corrected chi connectivity index (χ4v) is 2.29. The van der Waals surface area contributed by atoms with E-state index < -0.39 is 0 Å². The zero-order valence-corrected chi connectivity index (χ0v) is 10.2. The zero-order chi connectivity index (χ0) is 10.8. The van der Waals surface area contributed by atoms with Crippen molar-refractivity contribution in [2.75, 3.05) is 5.73 Å². The normalized spacial score (nSPS) is 10.5. The molecule has 5 heteroatoms. The van der Waals surface area contributed by atoms with Gasteiger partial charge in [-0.1, -0.05) is 39.4 Å². The summed E-state index contributed by atoms with van der Waals surface area (Å²) in [5, 5.41) is 9.64. The van der Waals surface area contributed by atoms with Crippen LogP contribution in [0.3, 0.4) is 0 Å². The van der Waals surface area contributed by atoms with Crippen LogP contribution in [0.5, 0.6) is 0 Å². The topological polar surface area (TPSA) is 59.1 Å². The highest BCUT2D eigenvalue weighted by Gasteiger charge is 2.10. The summed E-state index contributed by atoms with van der Waals surface area (Å²) in [5.74, 6) is 0. The van der Waals surface area contributed by atoms with Crippen LogP contribution in [0.15, 0.2) is 28.7 Å². The van der Waals surface area contributed by atoms with Gasteiger partial charge in [-0.05, 0) is 12.1 Å². The number of hydrogen-bond acceptors (Lipinski definition) is 4. The molecule has 0 aliphatic rings. The fraction of sp³-hybridized carbons (Fsp3) is 0.100. The standard InChI is InChI=1S/C10H9BrN2OS/c11-7-3-1-6(2-4-7)9-8(5-14)15-10(12)13-9/h1-4,14H,5H2,(H2,12,13). The maximum atomic E-state index is 9.15. The first-order chi connectivity index (χ1) is 7.20. The Balaban J connectivity index is 2.48. The van der Waals surface area contributed by atoms with Gasteiger partial charge in [-0.2, -0.15) is 0 Å². The van der Waals surface area contributed by atoms with Crippen LogP contribution in [0.25, 0.3) is 11.3 Å². The lowest BCUT2D eigenvalue weighted by Gasteiger charge is -1.99. The molecule has 0 saturated carbocycles. The van der Waals surface area contributed by atoms with E-state index in [-0.39, 0.29) is 6.61 Å². The van der Waals surface area contributed by atoms with Crippen LogP contribution in [0.1, 0.15) is 4.88 Å². The van der Waals surface area contributed by atoms with Crippen LogP contribution in [0, 0.1) is 0 Å². The second-order valence-corrected chi connectivity index (χ2v) is 5.02. The molecule has 0 bridgehead atoms. The number of thiazole rings is 1. The lowest BCUT2D eigenvalue weighted by atomic mass is 10.1. The third-order valence-corrected chi connectivity index (χ3v) is 3.37. The van der Waals surface area contributed by atoms with Crippen LogP contribution in [0.4, 0.5) is 5.13 Å². The Bertz CT molecular complexity index is 467. The number of aromatic nitrogens is 1. The third-order valence-electron chi connectivity index (χ3n) is 1.98. The minimum absolute atomic E-state index is 0.0275. The van der Waals surface area contributed by atoms with Gasteiger partial charge in [0.15, 0.2) is 5.13 Å². The second kappa shape index (κ2) is 4.30. The Morgan fingerprint density at radius 1 is 1.33 bits per heavy atom. The van der Waals surface area contributed by atoms with Gasteiger partial charge in [-0.3, -0.25) is 0 Å². The number of hydrogen-bond donors (Lipinski definition) is 2. The molecule has 1 aromatic carbocycles. The Morgan fingerprint density at radius 2 is 2.00 bits per heavy atom. The van der Waals surface area contributed by atoms with Crippen molar-refractivity contribution in [1.82, 2.24) is 4.98 Å². The largest absolute Gasteiger partial charge is 0.391 e. The number of aliphatic hydroxyl groups is 1. The summed E-state index contributed by atoms with van der Waals surface area (Å²) in [7, 11) is 0. The molecular formula is C10H9BrN2OS. The molecule has 3 nitrogen and oxygen atoms in total. The molecule has 78 valence electrons. The summed E-state index contributed by atoms with van der Waals surface area (Å²) in [6, 6.07) is 7.76. The number of nitrogens with zero attached hydrogens (tertiary/aromatic N) is 1. The molecule has 0 fully saturated rings. The summed E-state index contributed by atoms with van der Waals surface area (Å²) < 4.78 is 1.01. The zero-order valence-electron chi connectivity index (χ0n) is 7.77. The van der Waals surface area contributed by atoms with Crippen molar-refractivity contribution in [3.8, 4) is 11.3 Å². The van der Waals surface area contributed by atoms with Crippen molar-refractivity contribution in [3.05, 3.63) is 33.6 Å². The molecule has 0 amide bonds. The molecule has 0 aliphatic heterocycles. The summed E-state index contributed by atoms with van der Waals surface area (Å²) in [5.41, 5.74) is 7.35. The maximum Gasteiger partial charge on any atom is 0.180 e. The van der Waals surface area contributed by atoms with Crippen LogP contribution in [-0.2, 0) is 6.61 Å². The Labute approximate surface area is 99.7 Å². The SMILES string of the molecule is Nc1nc(-c2ccc(Br)cc2)c(CO)s1. The summed E-state index contributed by atoms with van der Waals surface area (Å²) in [6.07, 6.45) is 0. The smallest absolute Gasteiger partial charge is 0.180 e. The molecule has 0 radical (unpaired) electrons. The van der Waals surface area contributed by atoms with Crippen LogP contribution in [-0.4, -0.2) is 10.1 Å². The summed E-state index contributed by atoms with van der Waals surface area (Å²) in [6.45, 7) is -0.0275. The van der Waals surface area contributed by atoms with Crippen molar-refractivity contribution >= 4 is 32.4 Å². The highest BCUT2D eigenvalue weighted by atomic mass is 79.9. The molecule has 1 aromatic heterocycles. The van der Waals surface area contributed by atoms with Gasteiger partial charge >= 0.3 is 0 Å². The Hall–Kier alpha value is -0.910. The molecule has 0 spiro atoms. The third kappa shape index (κ3) is 2.19. The maximum absolute atomic E-state index is 9.15. The number of halogens is 1. The Kier molecular flexibility index (Phi) is 3.04. The van der Waals surface area contributed by atoms with Crippen molar-refractivity contribution in [2.24, 2.45) is 0 Å². The molecule has 0 atom stereocenters. The summed E-state index contributed by atoms with van der Waals surface area (Å²) in [4.78, 5) is 5.00. The number of rotatable bonds is 2. The van der Waals surface area contributed by atoms with Crippen molar-refractivity contribution in [3.63, 3.8) is 0 Å². The average Bonchev–Trinajstić information content (AvgIpc) is 2.61. The van der Waals surface area contributed by atoms with Gasteiger partial charge < -0.3 is 10.8 Å². The average molecular weight is 285 g/mol. The molecule has 3 N–H and O–H groups in total.